The van der Waals surface area contributed by atoms with E-state index in [1.165, 1.54) is 6.42 Å². The smallest absolute Gasteiger partial charge is 0.00414 e. The van der Waals surface area contributed by atoms with Crippen molar-refractivity contribution >= 4 is 0 Å². The van der Waals surface area contributed by atoms with Gasteiger partial charge in [0.15, 0.2) is 0 Å². The van der Waals surface area contributed by atoms with Gasteiger partial charge in [-0.2, -0.15) is 0 Å². The molecule has 0 bridgehead atoms. The van der Waals surface area contributed by atoms with E-state index in [4.69, 9.17) is 0 Å². The van der Waals surface area contributed by atoms with E-state index in [0.29, 0.717) is 12.1 Å². The molecule has 0 saturated carbocycles. The van der Waals surface area contributed by atoms with Crippen LogP contribution in [-0.4, -0.2) is 23.5 Å². The third-order valence-electron chi connectivity index (χ3n) is 1.96. The van der Waals surface area contributed by atoms with Gasteiger partial charge >= 0.3 is 0 Å². The second-order valence-electron chi connectivity index (χ2n) is 3.58. The van der Waals surface area contributed by atoms with E-state index in [9.17, 15) is 0 Å². The minimum absolute atomic E-state index is 0.665. The predicted molar refractivity (Wildman–Crippen MR) is 51.6 cm³/mol. The van der Waals surface area contributed by atoms with Crippen molar-refractivity contribution < 1.29 is 0 Å². The highest BCUT2D eigenvalue weighted by Crippen LogP contribution is 2.05. The number of rotatable bonds is 5. The first-order valence-corrected chi connectivity index (χ1v) is 4.67. The van der Waals surface area contributed by atoms with E-state index in [1.54, 1.807) is 0 Å². The summed E-state index contributed by atoms with van der Waals surface area (Å²) in [5, 5.41) is 0. The normalized spacial score (nSPS) is 12.0. The Hall–Kier alpha value is -0.0400. The Labute approximate surface area is 71.8 Å². The van der Waals surface area contributed by atoms with E-state index in [1.807, 2.05) is 0 Å². The van der Waals surface area contributed by atoms with Crippen LogP contribution < -0.4 is 0 Å². The summed E-state index contributed by atoms with van der Waals surface area (Å²) in [5.74, 6) is 0. The van der Waals surface area contributed by atoms with Crippen LogP contribution in [0, 0.1) is 6.42 Å². The third kappa shape index (κ3) is 4.41. The second-order valence-corrected chi connectivity index (χ2v) is 3.58. The van der Waals surface area contributed by atoms with Crippen molar-refractivity contribution in [1.82, 2.24) is 4.90 Å². The zero-order valence-electron chi connectivity index (χ0n) is 8.59. The maximum absolute atomic E-state index is 2.49. The molecule has 0 aromatic rings. The molecule has 0 aliphatic rings. The Kier molecular flexibility index (Phi) is 5.57. The molecule has 67 valence electrons. The predicted octanol–water partition coefficient (Wildman–Crippen LogP) is 2.72. The van der Waals surface area contributed by atoms with Gasteiger partial charge in [-0.25, -0.2) is 0 Å². The Morgan fingerprint density at radius 2 is 1.55 bits per heavy atom. The van der Waals surface area contributed by atoms with Crippen LogP contribution in [0.1, 0.15) is 41.0 Å². The molecule has 0 fully saturated rings. The summed E-state index contributed by atoms with van der Waals surface area (Å²) in [4.78, 5) is 2.49. The maximum atomic E-state index is 2.49. The average molecular weight is 156 g/mol. The summed E-state index contributed by atoms with van der Waals surface area (Å²) in [6.45, 7) is 12.3. The molecule has 0 aromatic carbocycles. The third-order valence-corrected chi connectivity index (χ3v) is 1.96. The number of unbranched alkanes of at least 4 members (excludes halogenated alkanes) is 1. The molecule has 0 aromatic heterocycles. The van der Waals surface area contributed by atoms with Gasteiger partial charge in [0.05, 0.1) is 0 Å². The molecule has 0 amide bonds. The van der Waals surface area contributed by atoms with E-state index < -0.39 is 0 Å². The summed E-state index contributed by atoms with van der Waals surface area (Å²) < 4.78 is 0. The lowest BCUT2D eigenvalue weighted by Crippen LogP contribution is -2.37. The Morgan fingerprint density at radius 1 is 1.09 bits per heavy atom. The highest BCUT2D eigenvalue weighted by Gasteiger charge is 2.11. The molecule has 1 nitrogen and oxygen atoms in total. The minimum atomic E-state index is 0.665. The van der Waals surface area contributed by atoms with Crippen molar-refractivity contribution in [2.24, 2.45) is 0 Å². The molecule has 0 rings (SSSR count). The van der Waals surface area contributed by atoms with Crippen molar-refractivity contribution in [3.8, 4) is 0 Å². The fraction of sp³-hybridized carbons (Fsp3) is 0.900. The Morgan fingerprint density at radius 3 is 1.82 bits per heavy atom. The van der Waals surface area contributed by atoms with Crippen LogP contribution in [0.25, 0.3) is 0 Å². The molecule has 0 aliphatic carbocycles. The standard InChI is InChI=1S/C10H22N/c1-6-7-8-11(9(2)3)10(4)5/h7,9-10H,6,8H2,1-5H3. The fourth-order valence-corrected chi connectivity index (χ4v) is 1.30. The number of hydrogen-bond acceptors (Lipinski definition) is 1. The van der Waals surface area contributed by atoms with Gasteiger partial charge in [0.1, 0.15) is 0 Å². The van der Waals surface area contributed by atoms with Crippen molar-refractivity contribution in [2.75, 3.05) is 6.54 Å². The van der Waals surface area contributed by atoms with Crippen molar-refractivity contribution in [3.63, 3.8) is 0 Å². The van der Waals surface area contributed by atoms with Crippen LogP contribution in [-0.2, 0) is 0 Å². The largest absolute Gasteiger partial charge is 0.298 e. The molecule has 0 spiro atoms. The molecule has 0 atom stereocenters. The highest BCUT2D eigenvalue weighted by atomic mass is 15.2. The zero-order chi connectivity index (χ0) is 8.85. The van der Waals surface area contributed by atoms with Crippen LogP contribution in [0.2, 0.25) is 0 Å². The van der Waals surface area contributed by atoms with E-state index in [2.05, 4.69) is 45.9 Å². The second kappa shape index (κ2) is 5.59. The van der Waals surface area contributed by atoms with Gasteiger partial charge < -0.3 is 0 Å². The van der Waals surface area contributed by atoms with Crippen molar-refractivity contribution in [2.45, 2.75) is 53.1 Å². The first kappa shape index (κ1) is 11.0. The molecule has 1 heteroatoms. The SMILES string of the molecule is CC[CH]CN(C(C)C)C(C)C. The first-order chi connectivity index (χ1) is 5.09. The lowest BCUT2D eigenvalue weighted by atomic mass is 10.2. The van der Waals surface area contributed by atoms with Gasteiger partial charge in [0, 0.05) is 18.6 Å². The molecule has 0 N–H and O–H groups in total. The van der Waals surface area contributed by atoms with Crippen molar-refractivity contribution in [1.29, 1.82) is 0 Å². The summed E-state index contributed by atoms with van der Waals surface area (Å²) in [5.41, 5.74) is 0. The molecule has 11 heavy (non-hydrogen) atoms. The Balaban J connectivity index is 3.70. The molecule has 0 heterocycles. The van der Waals surface area contributed by atoms with E-state index in [0.717, 1.165) is 6.54 Å². The summed E-state index contributed by atoms with van der Waals surface area (Å²) >= 11 is 0. The van der Waals surface area contributed by atoms with Crippen molar-refractivity contribution in [3.05, 3.63) is 6.42 Å². The lowest BCUT2D eigenvalue weighted by molar-refractivity contribution is 0.189. The molecular formula is C10H22N. The van der Waals surface area contributed by atoms with Crippen LogP contribution in [0.4, 0.5) is 0 Å². The van der Waals surface area contributed by atoms with Gasteiger partial charge in [-0.05, 0) is 34.1 Å². The van der Waals surface area contributed by atoms with Gasteiger partial charge in [-0.15, -0.1) is 0 Å². The zero-order valence-corrected chi connectivity index (χ0v) is 8.59. The lowest BCUT2D eigenvalue weighted by Gasteiger charge is -2.30. The van der Waals surface area contributed by atoms with Crippen LogP contribution in [0.5, 0.6) is 0 Å². The fourth-order valence-electron chi connectivity index (χ4n) is 1.30. The maximum Gasteiger partial charge on any atom is 0.00414 e. The quantitative estimate of drug-likeness (QED) is 0.591. The van der Waals surface area contributed by atoms with Crippen LogP contribution in [0.3, 0.4) is 0 Å². The summed E-state index contributed by atoms with van der Waals surface area (Å²) in [6.07, 6.45) is 3.51. The van der Waals surface area contributed by atoms with Gasteiger partial charge in [0.25, 0.3) is 0 Å². The number of hydrogen-bond donors (Lipinski definition) is 0. The minimum Gasteiger partial charge on any atom is -0.298 e. The topological polar surface area (TPSA) is 3.24 Å². The van der Waals surface area contributed by atoms with E-state index >= 15 is 0 Å². The molecule has 1 radical (unpaired) electrons. The molecular weight excluding hydrogens is 134 g/mol. The van der Waals surface area contributed by atoms with Gasteiger partial charge in [-0.1, -0.05) is 13.3 Å². The van der Waals surface area contributed by atoms with Gasteiger partial charge in [0.2, 0.25) is 0 Å². The molecule has 0 unspecified atom stereocenters. The monoisotopic (exact) mass is 156 g/mol. The van der Waals surface area contributed by atoms with E-state index in [-0.39, 0.29) is 0 Å². The highest BCUT2D eigenvalue weighted by molar-refractivity contribution is 4.74. The first-order valence-electron chi connectivity index (χ1n) is 4.67. The van der Waals surface area contributed by atoms with Crippen LogP contribution >= 0.6 is 0 Å². The summed E-state index contributed by atoms with van der Waals surface area (Å²) in [7, 11) is 0. The van der Waals surface area contributed by atoms with Gasteiger partial charge in [-0.3, -0.25) is 4.90 Å². The molecule has 0 saturated heterocycles. The number of nitrogens with zero attached hydrogens (tertiary/aromatic N) is 1. The Bertz CT molecular complexity index is 78.9. The average Bonchev–Trinajstić information content (AvgIpc) is 1.87. The molecule has 0 aliphatic heterocycles. The summed E-state index contributed by atoms with van der Waals surface area (Å²) in [6, 6.07) is 1.33. The van der Waals surface area contributed by atoms with Crippen LogP contribution in [0.15, 0.2) is 0 Å².